The first-order valence-corrected chi connectivity index (χ1v) is 8.61. The number of hydrogen-bond acceptors (Lipinski definition) is 1. The zero-order valence-electron chi connectivity index (χ0n) is 14.4. The van der Waals surface area contributed by atoms with Crippen molar-refractivity contribution in [3.05, 3.63) is 60.2 Å². The van der Waals surface area contributed by atoms with Gasteiger partial charge >= 0.3 is 5.97 Å². The number of rotatable bonds is 6. The molecule has 0 radical (unpaired) electrons. The Morgan fingerprint density at radius 2 is 1.58 bits per heavy atom. The van der Waals surface area contributed by atoms with E-state index in [9.17, 15) is 4.79 Å². The van der Waals surface area contributed by atoms with E-state index in [2.05, 4.69) is 68.4 Å². The van der Waals surface area contributed by atoms with Gasteiger partial charge in [0.05, 0.1) is 0 Å². The summed E-state index contributed by atoms with van der Waals surface area (Å²) in [5.74, 6) is -0.704. The van der Waals surface area contributed by atoms with E-state index in [1.54, 1.807) is 0 Å². The van der Waals surface area contributed by atoms with E-state index in [1.165, 1.54) is 27.1 Å². The summed E-state index contributed by atoms with van der Waals surface area (Å²) in [6.45, 7) is 4.52. The SMILES string of the molecule is CC(C)(CCCCC(=O)O)c1cccc2cc3ccccc3cc12. The fourth-order valence-corrected chi connectivity index (χ4v) is 3.53. The number of carboxylic acids is 1. The van der Waals surface area contributed by atoms with Gasteiger partial charge in [0.2, 0.25) is 0 Å². The van der Waals surface area contributed by atoms with Gasteiger partial charge < -0.3 is 5.11 Å². The maximum atomic E-state index is 10.7. The third kappa shape index (κ3) is 3.43. The summed E-state index contributed by atoms with van der Waals surface area (Å²) in [6.07, 6.45) is 2.93. The average molecular weight is 320 g/mol. The predicted molar refractivity (Wildman–Crippen MR) is 101 cm³/mol. The first-order valence-electron chi connectivity index (χ1n) is 8.61. The number of hydrogen-bond donors (Lipinski definition) is 1. The van der Waals surface area contributed by atoms with Gasteiger partial charge in [0.1, 0.15) is 0 Å². The van der Waals surface area contributed by atoms with Crippen LogP contribution in [0.15, 0.2) is 54.6 Å². The highest BCUT2D eigenvalue weighted by Crippen LogP contribution is 2.36. The van der Waals surface area contributed by atoms with Crippen molar-refractivity contribution < 1.29 is 9.90 Å². The summed E-state index contributed by atoms with van der Waals surface area (Å²) in [5, 5.41) is 13.9. The van der Waals surface area contributed by atoms with Crippen LogP contribution in [0.25, 0.3) is 21.5 Å². The molecule has 3 aromatic rings. The molecule has 0 saturated heterocycles. The first kappa shape index (κ1) is 16.5. The summed E-state index contributed by atoms with van der Waals surface area (Å²) < 4.78 is 0. The standard InChI is InChI=1S/C22H24O2/c1-22(2,13-6-5-12-21(23)24)20-11-7-10-18-14-16-8-3-4-9-17(16)15-19(18)20/h3-4,7-11,14-15H,5-6,12-13H2,1-2H3,(H,23,24). The monoisotopic (exact) mass is 320 g/mol. The molecule has 1 N–H and O–H groups in total. The molecule has 0 aliphatic heterocycles. The van der Waals surface area contributed by atoms with E-state index in [-0.39, 0.29) is 11.8 Å². The molecule has 124 valence electrons. The predicted octanol–water partition coefficient (Wildman–Crippen LogP) is 5.92. The second-order valence-electron chi connectivity index (χ2n) is 7.21. The van der Waals surface area contributed by atoms with Gasteiger partial charge in [-0.25, -0.2) is 0 Å². The smallest absolute Gasteiger partial charge is 0.303 e. The highest BCUT2D eigenvalue weighted by Gasteiger charge is 2.22. The van der Waals surface area contributed by atoms with Gasteiger partial charge in [-0.2, -0.15) is 0 Å². The molecule has 0 bridgehead atoms. The molecule has 3 aromatic carbocycles. The summed E-state index contributed by atoms with van der Waals surface area (Å²) >= 11 is 0. The normalized spacial score (nSPS) is 11.9. The summed E-state index contributed by atoms with van der Waals surface area (Å²) in [4.78, 5) is 10.7. The Labute approximate surface area is 143 Å². The van der Waals surface area contributed by atoms with Crippen LogP contribution in [0.4, 0.5) is 0 Å². The van der Waals surface area contributed by atoms with Gasteiger partial charge in [0.25, 0.3) is 0 Å². The van der Waals surface area contributed by atoms with Crippen LogP contribution in [0, 0.1) is 0 Å². The summed E-state index contributed by atoms with van der Waals surface area (Å²) in [6, 6.07) is 19.5. The van der Waals surface area contributed by atoms with Crippen molar-refractivity contribution >= 4 is 27.5 Å². The molecular formula is C22H24O2. The third-order valence-corrected chi connectivity index (χ3v) is 4.92. The van der Waals surface area contributed by atoms with Gasteiger partial charge in [-0.1, -0.05) is 62.7 Å². The Kier molecular flexibility index (Phi) is 4.57. The Morgan fingerprint density at radius 1 is 0.917 bits per heavy atom. The molecule has 0 saturated carbocycles. The van der Waals surface area contributed by atoms with Crippen molar-refractivity contribution in [1.29, 1.82) is 0 Å². The van der Waals surface area contributed by atoms with Crippen LogP contribution in [-0.4, -0.2) is 11.1 Å². The van der Waals surface area contributed by atoms with Crippen molar-refractivity contribution in [3.8, 4) is 0 Å². The van der Waals surface area contributed by atoms with Crippen molar-refractivity contribution in [2.45, 2.75) is 44.9 Å². The lowest BCUT2D eigenvalue weighted by atomic mass is 9.77. The Bertz CT molecular complexity index is 877. The highest BCUT2D eigenvalue weighted by atomic mass is 16.4. The zero-order valence-corrected chi connectivity index (χ0v) is 14.4. The molecule has 0 amide bonds. The molecule has 0 atom stereocenters. The van der Waals surface area contributed by atoms with Gasteiger partial charge in [-0.05, 0) is 57.5 Å². The third-order valence-electron chi connectivity index (χ3n) is 4.92. The molecule has 2 heteroatoms. The van der Waals surface area contributed by atoms with E-state index in [0.29, 0.717) is 0 Å². The number of benzene rings is 3. The number of fused-ring (bicyclic) bond motifs is 2. The molecule has 0 unspecified atom stereocenters. The fourth-order valence-electron chi connectivity index (χ4n) is 3.53. The topological polar surface area (TPSA) is 37.3 Å². The minimum absolute atomic E-state index is 0.0282. The maximum absolute atomic E-state index is 10.7. The van der Waals surface area contributed by atoms with Crippen LogP contribution in [-0.2, 0) is 10.2 Å². The van der Waals surface area contributed by atoms with Gasteiger partial charge in [0.15, 0.2) is 0 Å². The largest absolute Gasteiger partial charge is 0.481 e. The van der Waals surface area contributed by atoms with E-state index in [1.807, 2.05) is 0 Å². The number of aliphatic carboxylic acids is 1. The Morgan fingerprint density at radius 3 is 2.29 bits per heavy atom. The number of carboxylic acid groups (broad SMARTS) is 1. The highest BCUT2D eigenvalue weighted by molar-refractivity contribution is 5.99. The fraction of sp³-hybridized carbons (Fsp3) is 0.318. The van der Waals surface area contributed by atoms with Gasteiger partial charge in [0, 0.05) is 6.42 Å². The summed E-state index contributed by atoms with van der Waals surface area (Å²) in [5.41, 5.74) is 1.38. The minimum Gasteiger partial charge on any atom is -0.481 e. The quantitative estimate of drug-likeness (QED) is 0.452. The molecule has 0 heterocycles. The molecule has 2 nitrogen and oxygen atoms in total. The van der Waals surface area contributed by atoms with Crippen molar-refractivity contribution in [2.75, 3.05) is 0 Å². The van der Waals surface area contributed by atoms with E-state index in [0.717, 1.165) is 19.3 Å². The zero-order chi connectivity index (χ0) is 17.2. The van der Waals surface area contributed by atoms with E-state index in [4.69, 9.17) is 5.11 Å². The molecule has 0 aliphatic carbocycles. The Balaban J connectivity index is 1.95. The van der Waals surface area contributed by atoms with Gasteiger partial charge in [-0.3, -0.25) is 4.79 Å². The van der Waals surface area contributed by atoms with Crippen molar-refractivity contribution in [2.24, 2.45) is 0 Å². The first-order chi connectivity index (χ1) is 11.5. The molecule has 0 aliphatic rings. The molecular weight excluding hydrogens is 296 g/mol. The number of unbranched alkanes of at least 4 members (excludes halogenated alkanes) is 1. The van der Waals surface area contributed by atoms with E-state index < -0.39 is 5.97 Å². The van der Waals surface area contributed by atoms with Crippen molar-refractivity contribution in [1.82, 2.24) is 0 Å². The maximum Gasteiger partial charge on any atom is 0.303 e. The average Bonchev–Trinajstić information content (AvgIpc) is 2.56. The van der Waals surface area contributed by atoms with Crippen LogP contribution >= 0.6 is 0 Å². The molecule has 0 spiro atoms. The van der Waals surface area contributed by atoms with Crippen molar-refractivity contribution in [3.63, 3.8) is 0 Å². The lowest BCUT2D eigenvalue weighted by Crippen LogP contribution is -2.17. The van der Waals surface area contributed by atoms with Gasteiger partial charge in [-0.15, -0.1) is 0 Å². The molecule has 3 rings (SSSR count). The second-order valence-corrected chi connectivity index (χ2v) is 7.21. The summed E-state index contributed by atoms with van der Waals surface area (Å²) in [7, 11) is 0. The lowest BCUT2D eigenvalue weighted by molar-refractivity contribution is -0.137. The molecule has 0 aromatic heterocycles. The molecule has 24 heavy (non-hydrogen) atoms. The molecule has 0 fully saturated rings. The van der Waals surface area contributed by atoms with Crippen LogP contribution in [0.2, 0.25) is 0 Å². The van der Waals surface area contributed by atoms with Crippen LogP contribution in [0.3, 0.4) is 0 Å². The van der Waals surface area contributed by atoms with E-state index >= 15 is 0 Å². The lowest BCUT2D eigenvalue weighted by Gasteiger charge is -2.27. The Hall–Kier alpha value is -2.35. The van der Waals surface area contributed by atoms with Crippen LogP contribution in [0.5, 0.6) is 0 Å². The second kappa shape index (κ2) is 6.64. The number of carbonyl (C=O) groups is 1. The minimum atomic E-state index is -0.704. The van der Waals surface area contributed by atoms with Crippen LogP contribution < -0.4 is 0 Å². The van der Waals surface area contributed by atoms with Crippen LogP contribution in [0.1, 0.15) is 45.1 Å².